The van der Waals surface area contributed by atoms with Crippen molar-refractivity contribution in [3.63, 3.8) is 0 Å². The van der Waals surface area contributed by atoms with Crippen LogP contribution in [0.1, 0.15) is 23.7 Å². The predicted octanol–water partition coefficient (Wildman–Crippen LogP) is 1.75. The number of hydrogen-bond acceptors (Lipinski definition) is 4. The molecule has 0 spiro atoms. The molecule has 4 heteroatoms. The topological polar surface area (TPSA) is 50.7 Å². The minimum Gasteiger partial charge on any atom is -0.312 e. The average molecular weight is 240 g/mol. The van der Waals surface area contributed by atoms with E-state index >= 15 is 0 Å². The van der Waals surface area contributed by atoms with Crippen molar-refractivity contribution in [2.75, 3.05) is 6.54 Å². The molecule has 0 amide bonds. The van der Waals surface area contributed by atoms with E-state index in [0.29, 0.717) is 0 Å². The molecule has 4 nitrogen and oxygen atoms in total. The van der Waals surface area contributed by atoms with Gasteiger partial charge in [-0.1, -0.05) is 6.92 Å². The van der Waals surface area contributed by atoms with E-state index in [2.05, 4.69) is 22.2 Å². The Hall–Kier alpha value is -1.81. The number of aromatic nitrogens is 3. The van der Waals surface area contributed by atoms with E-state index in [1.807, 2.05) is 18.5 Å². The number of pyridine rings is 1. The van der Waals surface area contributed by atoms with E-state index in [1.165, 1.54) is 16.8 Å². The predicted molar refractivity (Wildman–Crippen MR) is 70.1 cm³/mol. The highest BCUT2D eigenvalue weighted by molar-refractivity contribution is 5.59. The SMILES string of the molecule is CCc1cnccc1-c1ncc2c(n1)CCNC2. The van der Waals surface area contributed by atoms with Crippen molar-refractivity contribution in [1.29, 1.82) is 0 Å². The first kappa shape index (κ1) is 11.3. The van der Waals surface area contributed by atoms with Crippen LogP contribution in [-0.4, -0.2) is 21.5 Å². The van der Waals surface area contributed by atoms with Crippen LogP contribution in [0.2, 0.25) is 0 Å². The summed E-state index contributed by atoms with van der Waals surface area (Å²) in [5.41, 5.74) is 4.70. The van der Waals surface area contributed by atoms with E-state index in [0.717, 1.165) is 37.3 Å². The third-order valence-electron chi connectivity index (χ3n) is 3.33. The van der Waals surface area contributed by atoms with Gasteiger partial charge in [-0.3, -0.25) is 4.98 Å². The molecule has 0 fully saturated rings. The summed E-state index contributed by atoms with van der Waals surface area (Å²) in [5, 5.41) is 3.33. The van der Waals surface area contributed by atoms with Gasteiger partial charge in [-0.05, 0) is 18.1 Å². The molecular weight excluding hydrogens is 224 g/mol. The highest BCUT2D eigenvalue weighted by Gasteiger charge is 2.13. The molecule has 1 aliphatic heterocycles. The first-order valence-electron chi connectivity index (χ1n) is 6.37. The maximum absolute atomic E-state index is 4.71. The van der Waals surface area contributed by atoms with Gasteiger partial charge in [0.1, 0.15) is 0 Å². The number of nitrogens with zero attached hydrogens (tertiary/aromatic N) is 3. The summed E-state index contributed by atoms with van der Waals surface area (Å²) in [5.74, 6) is 0.829. The molecule has 0 saturated heterocycles. The molecule has 0 bridgehead atoms. The molecule has 0 radical (unpaired) electrons. The lowest BCUT2D eigenvalue weighted by atomic mass is 10.1. The Kier molecular flexibility index (Phi) is 3.02. The second kappa shape index (κ2) is 4.82. The third-order valence-corrected chi connectivity index (χ3v) is 3.33. The van der Waals surface area contributed by atoms with Crippen LogP contribution in [0.3, 0.4) is 0 Å². The van der Waals surface area contributed by atoms with E-state index in [1.54, 1.807) is 6.20 Å². The maximum Gasteiger partial charge on any atom is 0.159 e. The van der Waals surface area contributed by atoms with Crippen molar-refractivity contribution in [3.05, 3.63) is 41.5 Å². The van der Waals surface area contributed by atoms with Crippen LogP contribution < -0.4 is 5.32 Å². The molecule has 0 aromatic carbocycles. The normalized spacial score (nSPS) is 14.3. The van der Waals surface area contributed by atoms with Crippen LogP contribution in [0.4, 0.5) is 0 Å². The molecule has 2 aromatic heterocycles. The Morgan fingerprint density at radius 2 is 2.28 bits per heavy atom. The Morgan fingerprint density at radius 1 is 1.33 bits per heavy atom. The van der Waals surface area contributed by atoms with Crippen LogP contribution in [-0.2, 0) is 19.4 Å². The number of rotatable bonds is 2. The van der Waals surface area contributed by atoms with Crippen LogP contribution in [0, 0.1) is 0 Å². The highest BCUT2D eigenvalue weighted by atomic mass is 14.9. The van der Waals surface area contributed by atoms with Gasteiger partial charge in [0.15, 0.2) is 5.82 Å². The molecule has 92 valence electrons. The van der Waals surface area contributed by atoms with E-state index in [9.17, 15) is 0 Å². The van der Waals surface area contributed by atoms with E-state index in [4.69, 9.17) is 4.98 Å². The Labute approximate surface area is 107 Å². The minimum absolute atomic E-state index is 0.829. The summed E-state index contributed by atoms with van der Waals surface area (Å²) < 4.78 is 0. The van der Waals surface area contributed by atoms with Gasteiger partial charge >= 0.3 is 0 Å². The van der Waals surface area contributed by atoms with Gasteiger partial charge in [-0.15, -0.1) is 0 Å². The largest absolute Gasteiger partial charge is 0.312 e. The fraction of sp³-hybridized carbons (Fsp3) is 0.357. The molecule has 18 heavy (non-hydrogen) atoms. The quantitative estimate of drug-likeness (QED) is 0.868. The summed E-state index contributed by atoms with van der Waals surface area (Å²) in [6.07, 6.45) is 7.59. The van der Waals surface area contributed by atoms with Crippen LogP contribution in [0.15, 0.2) is 24.7 Å². The lowest BCUT2D eigenvalue weighted by Gasteiger charge is -2.16. The Balaban J connectivity index is 2.06. The summed E-state index contributed by atoms with van der Waals surface area (Å²) in [7, 11) is 0. The maximum atomic E-state index is 4.71. The molecular formula is C14H16N4. The van der Waals surface area contributed by atoms with Gasteiger partial charge in [0, 0.05) is 49.2 Å². The zero-order chi connectivity index (χ0) is 12.4. The molecule has 1 aliphatic rings. The molecule has 3 rings (SSSR count). The van der Waals surface area contributed by atoms with E-state index in [-0.39, 0.29) is 0 Å². The fourth-order valence-electron chi connectivity index (χ4n) is 2.29. The van der Waals surface area contributed by atoms with Gasteiger partial charge in [0.25, 0.3) is 0 Å². The zero-order valence-corrected chi connectivity index (χ0v) is 10.5. The van der Waals surface area contributed by atoms with Gasteiger partial charge in [-0.2, -0.15) is 0 Å². The highest BCUT2D eigenvalue weighted by Crippen LogP contribution is 2.21. The smallest absolute Gasteiger partial charge is 0.159 e. The Bertz CT molecular complexity index is 565. The van der Waals surface area contributed by atoms with Crippen molar-refractivity contribution in [1.82, 2.24) is 20.3 Å². The van der Waals surface area contributed by atoms with Crippen LogP contribution in [0.5, 0.6) is 0 Å². The van der Waals surface area contributed by atoms with Gasteiger partial charge < -0.3 is 5.32 Å². The number of hydrogen-bond donors (Lipinski definition) is 1. The molecule has 1 N–H and O–H groups in total. The fourth-order valence-corrected chi connectivity index (χ4v) is 2.29. The van der Waals surface area contributed by atoms with Crippen molar-refractivity contribution < 1.29 is 0 Å². The van der Waals surface area contributed by atoms with Crippen molar-refractivity contribution in [2.45, 2.75) is 26.3 Å². The number of fused-ring (bicyclic) bond motifs is 1. The number of nitrogens with one attached hydrogen (secondary N) is 1. The average Bonchev–Trinajstić information content (AvgIpc) is 2.46. The molecule has 2 aromatic rings. The summed E-state index contributed by atoms with van der Waals surface area (Å²) in [6, 6.07) is 2.00. The first-order valence-corrected chi connectivity index (χ1v) is 6.37. The van der Waals surface area contributed by atoms with Crippen molar-refractivity contribution in [2.24, 2.45) is 0 Å². The van der Waals surface area contributed by atoms with Crippen molar-refractivity contribution >= 4 is 0 Å². The van der Waals surface area contributed by atoms with Gasteiger partial charge in [0.05, 0.1) is 5.69 Å². The second-order valence-corrected chi connectivity index (χ2v) is 4.48. The monoisotopic (exact) mass is 240 g/mol. The lowest BCUT2D eigenvalue weighted by Crippen LogP contribution is -2.25. The first-order chi connectivity index (χ1) is 8.88. The van der Waals surface area contributed by atoms with Crippen LogP contribution >= 0.6 is 0 Å². The van der Waals surface area contributed by atoms with Gasteiger partial charge in [0.2, 0.25) is 0 Å². The number of aryl methyl sites for hydroxylation is 1. The summed E-state index contributed by atoms with van der Waals surface area (Å²) >= 11 is 0. The second-order valence-electron chi connectivity index (χ2n) is 4.48. The molecule has 0 unspecified atom stereocenters. The molecule has 0 atom stereocenters. The standard InChI is InChI=1S/C14H16N4/c1-2-10-7-15-5-3-12(10)14-17-9-11-8-16-6-4-13(11)18-14/h3,5,7,9,16H,2,4,6,8H2,1H3. The molecule has 0 aliphatic carbocycles. The lowest BCUT2D eigenvalue weighted by molar-refractivity contribution is 0.626. The summed E-state index contributed by atoms with van der Waals surface area (Å²) in [6.45, 7) is 4.01. The van der Waals surface area contributed by atoms with E-state index < -0.39 is 0 Å². The third kappa shape index (κ3) is 1.99. The molecule has 0 saturated carbocycles. The van der Waals surface area contributed by atoms with Gasteiger partial charge in [-0.25, -0.2) is 9.97 Å². The summed E-state index contributed by atoms with van der Waals surface area (Å²) in [4.78, 5) is 13.4. The Morgan fingerprint density at radius 3 is 3.17 bits per heavy atom. The van der Waals surface area contributed by atoms with Crippen molar-refractivity contribution in [3.8, 4) is 11.4 Å². The minimum atomic E-state index is 0.829. The zero-order valence-electron chi connectivity index (χ0n) is 10.5. The van der Waals surface area contributed by atoms with Crippen LogP contribution in [0.25, 0.3) is 11.4 Å². The molecule has 3 heterocycles.